The van der Waals surface area contributed by atoms with Crippen LogP contribution in [0.4, 0.5) is 0 Å². The van der Waals surface area contributed by atoms with Crippen molar-refractivity contribution in [1.82, 2.24) is 10.3 Å². The van der Waals surface area contributed by atoms with Crippen molar-refractivity contribution in [2.45, 2.75) is 46.1 Å². The first-order chi connectivity index (χ1) is 6.69. The number of rotatable bonds is 4. The Kier molecular flexibility index (Phi) is 4.42. The number of nitrogens with one attached hydrogen (secondary N) is 1. The van der Waals surface area contributed by atoms with Gasteiger partial charge in [0.1, 0.15) is 0 Å². The first-order valence-corrected chi connectivity index (χ1v) is 5.60. The monoisotopic (exact) mass is 197 g/mol. The van der Waals surface area contributed by atoms with Gasteiger partial charge in [-0.15, -0.1) is 0 Å². The third-order valence-electron chi connectivity index (χ3n) is 2.93. The second-order valence-corrected chi connectivity index (χ2v) is 4.29. The summed E-state index contributed by atoms with van der Waals surface area (Å²) in [7, 11) is 0. The van der Waals surface area contributed by atoms with E-state index in [1.807, 2.05) is 0 Å². The maximum Gasteiger partial charge on any atom is 0.0276 e. The zero-order valence-electron chi connectivity index (χ0n) is 9.64. The summed E-state index contributed by atoms with van der Waals surface area (Å²) in [6.45, 7) is 8.94. The molecule has 0 aliphatic carbocycles. The van der Waals surface area contributed by atoms with E-state index in [0.29, 0.717) is 6.04 Å². The van der Waals surface area contributed by atoms with Gasteiger partial charge >= 0.3 is 0 Å². The van der Waals surface area contributed by atoms with Gasteiger partial charge in [0.2, 0.25) is 0 Å². The highest BCUT2D eigenvalue weighted by molar-refractivity contribution is 5.17. The SMILES string of the molecule is CCCC1=C(NN)CCN(C(C)C)C1. The molecule has 0 unspecified atom stereocenters. The highest BCUT2D eigenvalue weighted by atomic mass is 15.2. The van der Waals surface area contributed by atoms with Crippen LogP contribution in [0.2, 0.25) is 0 Å². The summed E-state index contributed by atoms with van der Waals surface area (Å²) in [6.07, 6.45) is 3.44. The zero-order valence-corrected chi connectivity index (χ0v) is 9.64. The fourth-order valence-electron chi connectivity index (χ4n) is 2.00. The Labute approximate surface area is 87.3 Å². The van der Waals surface area contributed by atoms with Crippen LogP contribution in [0.1, 0.15) is 40.0 Å². The van der Waals surface area contributed by atoms with E-state index in [1.165, 1.54) is 24.1 Å². The van der Waals surface area contributed by atoms with Gasteiger partial charge < -0.3 is 5.43 Å². The second kappa shape index (κ2) is 5.37. The van der Waals surface area contributed by atoms with Gasteiger partial charge in [-0.1, -0.05) is 13.3 Å². The molecule has 0 fully saturated rings. The van der Waals surface area contributed by atoms with Crippen molar-refractivity contribution in [3.8, 4) is 0 Å². The molecule has 0 aromatic carbocycles. The number of hydrazine groups is 1. The Morgan fingerprint density at radius 3 is 2.71 bits per heavy atom. The van der Waals surface area contributed by atoms with Crippen LogP contribution < -0.4 is 11.3 Å². The summed E-state index contributed by atoms with van der Waals surface area (Å²) < 4.78 is 0. The molecule has 0 amide bonds. The molecule has 0 saturated heterocycles. The molecule has 1 heterocycles. The van der Waals surface area contributed by atoms with Gasteiger partial charge in [0.25, 0.3) is 0 Å². The minimum atomic E-state index is 0.640. The fourth-order valence-corrected chi connectivity index (χ4v) is 2.00. The van der Waals surface area contributed by atoms with Crippen molar-refractivity contribution in [1.29, 1.82) is 0 Å². The van der Waals surface area contributed by atoms with E-state index in [2.05, 4.69) is 31.1 Å². The predicted molar refractivity (Wildman–Crippen MR) is 60.6 cm³/mol. The number of hydrogen-bond acceptors (Lipinski definition) is 3. The predicted octanol–water partition coefficient (Wildman–Crippen LogP) is 1.62. The molecule has 0 aromatic heterocycles. The average molecular weight is 197 g/mol. The average Bonchev–Trinajstić information content (AvgIpc) is 2.18. The van der Waals surface area contributed by atoms with Gasteiger partial charge in [0.15, 0.2) is 0 Å². The van der Waals surface area contributed by atoms with Gasteiger partial charge in [0.05, 0.1) is 0 Å². The largest absolute Gasteiger partial charge is 0.328 e. The molecule has 1 aliphatic heterocycles. The molecule has 0 saturated carbocycles. The molecule has 3 N–H and O–H groups in total. The summed E-state index contributed by atoms with van der Waals surface area (Å²) in [5.41, 5.74) is 5.61. The van der Waals surface area contributed by atoms with Gasteiger partial charge in [0, 0.05) is 31.2 Å². The Bertz CT molecular complexity index is 209. The first-order valence-electron chi connectivity index (χ1n) is 5.60. The highest BCUT2D eigenvalue weighted by Gasteiger charge is 2.19. The summed E-state index contributed by atoms with van der Waals surface area (Å²) in [5.74, 6) is 5.52. The normalized spacial score (nSPS) is 19.2. The van der Waals surface area contributed by atoms with Crippen molar-refractivity contribution in [2.24, 2.45) is 5.84 Å². The third kappa shape index (κ3) is 2.72. The Balaban J connectivity index is 2.66. The molecule has 1 aliphatic rings. The van der Waals surface area contributed by atoms with E-state index in [0.717, 1.165) is 19.5 Å². The Morgan fingerprint density at radius 1 is 1.50 bits per heavy atom. The van der Waals surface area contributed by atoms with Crippen molar-refractivity contribution >= 4 is 0 Å². The highest BCUT2D eigenvalue weighted by Crippen LogP contribution is 2.20. The minimum Gasteiger partial charge on any atom is -0.328 e. The molecule has 0 atom stereocenters. The van der Waals surface area contributed by atoms with Crippen LogP contribution >= 0.6 is 0 Å². The van der Waals surface area contributed by atoms with Gasteiger partial charge in [-0.25, -0.2) is 0 Å². The molecule has 0 spiro atoms. The lowest BCUT2D eigenvalue weighted by molar-refractivity contribution is 0.226. The summed E-state index contributed by atoms with van der Waals surface area (Å²) in [6, 6.07) is 0.640. The second-order valence-electron chi connectivity index (χ2n) is 4.29. The summed E-state index contributed by atoms with van der Waals surface area (Å²) in [5, 5.41) is 0. The molecular weight excluding hydrogens is 174 g/mol. The van der Waals surface area contributed by atoms with Gasteiger partial charge in [-0.2, -0.15) is 0 Å². The minimum absolute atomic E-state index is 0.640. The van der Waals surface area contributed by atoms with E-state index in [9.17, 15) is 0 Å². The smallest absolute Gasteiger partial charge is 0.0276 e. The lowest BCUT2D eigenvalue weighted by atomic mass is 10.0. The molecular formula is C11H23N3. The number of nitrogens with zero attached hydrogens (tertiary/aromatic N) is 1. The first kappa shape index (κ1) is 11.5. The number of hydrogen-bond donors (Lipinski definition) is 2. The van der Waals surface area contributed by atoms with E-state index in [1.54, 1.807) is 0 Å². The van der Waals surface area contributed by atoms with Crippen LogP contribution in [0, 0.1) is 0 Å². The summed E-state index contributed by atoms with van der Waals surface area (Å²) in [4.78, 5) is 2.51. The van der Waals surface area contributed by atoms with E-state index >= 15 is 0 Å². The zero-order chi connectivity index (χ0) is 10.6. The maximum absolute atomic E-state index is 5.52. The van der Waals surface area contributed by atoms with Crippen LogP contribution in [0.3, 0.4) is 0 Å². The third-order valence-corrected chi connectivity index (χ3v) is 2.93. The van der Waals surface area contributed by atoms with Crippen molar-refractivity contribution in [2.75, 3.05) is 13.1 Å². The molecule has 14 heavy (non-hydrogen) atoms. The molecule has 0 radical (unpaired) electrons. The maximum atomic E-state index is 5.52. The topological polar surface area (TPSA) is 41.3 Å². The molecule has 3 heteroatoms. The van der Waals surface area contributed by atoms with Gasteiger partial charge in [-0.05, 0) is 25.8 Å². The van der Waals surface area contributed by atoms with Crippen LogP contribution in [0.25, 0.3) is 0 Å². The van der Waals surface area contributed by atoms with E-state index in [4.69, 9.17) is 5.84 Å². The molecule has 0 bridgehead atoms. The van der Waals surface area contributed by atoms with Crippen LogP contribution in [-0.2, 0) is 0 Å². The molecule has 1 rings (SSSR count). The van der Waals surface area contributed by atoms with Crippen LogP contribution in [0.5, 0.6) is 0 Å². The van der Waals surface area contributed by atoms with Crippen LogP contribution in [0.15, 0.2) is 11.3 Å². The number of nitrogens with two attached hydrogens (primary N) is 1. The van der Waals surface area contributed by atoms with Gasteiger partial charge in [-0.3, -0.25) is 10.7 Å². The quantitative estimate of drug-likeness (QED) is 0.531. The molecule has 3 nitrogen and oxygen atoms in total. The van der Waals surface area contributed by atoms with Crippen LogP contribution in [-0.4, -0.2) is 24.0 Å². The lowest BCUT2D eigenvalue weighted by Gasteiger charge is -2.33. The Morgan fingerprint density at radius 2 is 2.21 bits per heavy atom. The van der Waals surface area contributed by atoms with Crippen molar-refractivity contribution in [3.63, 3.8) is 0 Å². The fraction of sp³-hybridized carbons (Fsp3) is 0.818. The van der Waals surface area contributed by atoms with Crippen molar-refractivity contribution < 1.29 is 0 Å². The standard InChI is InChI=1S/C11H23N3/c1-4-5-10-8-14(9(2)3)7-6-11(10)13-12/h9,13H,4-8,12H2,1-3H3. The Hall–Kier alpha value is -0.540. The molecule has 82 valence electrons. The molecule has 0 aromatic rings. The van der Waals surface area contributed by atoms with Crippen molar-refractivity contribution in [3.05, 3.63) is 11.3 Å². The van der Waals surface area contributed by atoms with E-state index < -0.39 is 0 Å². The summed E-state index contributed by atoms with van der Waals surface area (Å²) >= 11 is 0. The van der Waals surface area contributed by atoms with E-state index in [-0.39, 0.29) is 0 Å². The lowest BCUT2D eigenvalue weighted by Crippen LogP contribution is -2.40.